The second-order valence-corrected chi connectivity index (χ2v) is 5.57. The summed E-state index contributed by atoms with van der Waals surface area (Å²) in [6.07, 6.45) is 1.61. The predicted octanol–water partition coefficient (Wildman–Crippen LogP) is 3.22. The van der Waals surface area contributed by atoms with Crippen LogP contribution in [-0.2, 0) is 17.1 Å². The van der Waals surface area contributed by atoms with Crippen LogP contribution in [0.4, 0.5) is 0 Å². The third-order valence-electron chi connectivity index (χ3n) is 2.73. The van der Waals surface area contributed by atoms with Crippen molar-refractivity contribution in [3.8, 4) is 0 Å². The summed E-state index contributed by atoms with van der Waals surface area (Å²) in [5, 5.41) is 2.79. The number of carbonyl (C=O) groups is 1. The van der Waals surface area contributed by atoms with E-state index < -0.39 is 0 Å². The third-order valence-corrected chi connectivity index (χ3v) is 3.94. The summed E-state index contributed by atoms with van der Waals surface area (Å²) < 4.78 is 5.17. The Kier molecular flexibility index (Phi) is 5.10. The van der Waals surface area contributed by atoms with Gasteiger partial charge in [-0.05, 0) is 24.6 Å². The van der Waals surface area contributed by atoms with E-state index in [-0.39, 0.29) is 11.2 Å². The molecule has 0 unspecified atom stereocenters. The number of carbonyl (C=O) groups excluding carboxylic acids is 1. The lowest BCUT2D eigenvalue weighted by molar-refractivity contribution is -0.120. The second-order valence-electron chi connectivity index (χ2n) is 4.24. The molecule has 0 bridgehead atoms. The topological polar surface area (TPSA) is 42.2 Å². The fourth-order valence-electron chi connectivity index (χ4n) is 1.60. The normalized spacial score (nSPS) is 12.1. The number of hydrogen-bond acceptors (Lipinski definition) is 3. The van der Waals surface area contributed by atoms with Crippen LogP contribution in [0.25, 0.3) is 0 Å². The van der Waals surface area contributed by atoms with Crippen molar-refractivity contribution >= 4 is 17.7 Å². The number of amides is 1. The molecule has 1 N–H and O–H groups in total. The summed E-state index contributed by atoms with van der Waals surface area (Å²) in [5.74, 6) is 1.65. The zero-order valence-corrected chi connectivity index (χ0v) is 11.7. The molecule has 0 fully saturated rings. The van der Waals surface area contributed by atoms with Crippen LogP contribution in [0.2, 0.25) is 0 Å². The van der Waals surface area contributed by atoms with Gasteiger partial charge < -0.3 is 9.73 Å². The van der Waals surface area contributed by atoms with Gasteiger partial charge in [0, 0.05) is 5.75 Å². The predicted molar refractivity (Wildman–Crippen MR) is 77.8 cm³/mol. The van der Waals surface area contributed by atoms with E-state index in [0.717, 1.165) is 11.5 Å². The van der Waals surface area contributed by atoms with Crippen molar-refractivity contribution in [2.45, 2.75) is 24.5 Å². The molecular formula is C15H17NO2S. The average Bonchev–Trinajstić information content (AvgIpc) is 2.96. The van der Waals surface area contributed by atoms with Crippen molar-refractivity contribution in [2.75, 3.05) is 0 Å². The maximum atomic E-state index is 11.9. The monoisotopic (exact) mass is 275 g/mol. The van der Waals surface area contributed by atoms with E-state index in [0.29, 0.717) is 6.54 Å². The second kappa shape index (κ2) is 7.04. The molecule has 2 aromatic rings. The van der Waals surface area contributed by atoms with Crippen molar-refractivity contribution in [1.29, 1.82) is 0 Å². The summed E-state index contributed by atoms with van der Waals surface area (Å²) >= 11 is 1.63. The van der Waals surface area contributed by atoms with E-state index in [9.17, 15) is 4.79 Å². The van der Waals surface area contributed by atoms with Crippen LogP contribution in [0, 0.1) is 0 Å². The highest BCUT2D eigenvalue weighted by atomic mass is 32.2. The van der Waals surface area contributed by atoms with Gasteiger partial charge in [0.25, 0.3) is 0 Å². The summed E-state index contributed by atoms with van der Waals surface area (Å²) in [7, 11) is 0. The van der Waals surface area contributed by atoms with E-state index in [1.165, 1.54) is 5.56 Å². The molecule has 3 nitrogen and oxygen atoms in total. The highest BCUT2D eigenvalue weighted by Crippen LogP contribution is 2.17. The van der Waals surface area contributed by atoms with Gasteiger partial charge in [0.1, 0.15) is 5.76 Å². The van der Waals surface area contributed by atoms with Gasteiger partial charge in [0.2, 0.25) is 5.91 Å². The largest absolute Gasteiger partial charge is 0.467 e. The first-order valence-electron chi connectivity index (χ1n) is 6.21. The fourth-order valence-corrected chi connectivity index (χ4v) is 2.47. The maximum absolute atomic E-state index is 11.9. The Morgan fingerprint density at radius 2 is 2.05 bits per heavy atom. The van der Waals surface area contributed by atoms with Crippen LogP contribution in [0.5, 0.6) is 0 Å². The highest BCUT2D eigenvalue weighted by molar-refractivity contribution is 7.99. The molecular weight excluding hydrogens is 258 g/mol. The number of rotatable bonds is 6. The van der Waals surface area contributed by atoms with Gasteiger partial charge in [-0.2, -0.15) is 0 Å². The van der Waals surface area contributed by atoms with Gasteiger partial charge in [-0.3, -0.25) is 4.79 Å². The summed E-state index contributed by atoms with van der Waals surface area (Å²) in [4.78, 5) is 11.9. The molecule has 0 saturated carbocycles. The number of hydrogen-bond donors (Lipinski definition) is 1. The average molecular weight is 275 g/mol. The lowest BCUT2D eigenvalue weighted by Gasteiger charge is -2.11. The van der Waals surface area contributed by atoms with E-state index in [1.54, 1.807) is 18.0 Å². The minimum atomic E-state index is -0.0739. The molecule has 1 amide bonds. The fraction of sp³-hybridized carbons (Fsp3) is 0.267. The molecule has 100 valence electrons. The molecule has 0 aliphatic carbocycles. The van der Waals surface area contributed by atoms with Crippen molar-refractivity contribution in [2.24, 2.45) is 0 Å². The molecule has 0 saturated heterocycles. The minimum absolute atomic E-state index is 0.0392. The minimum Gasteiger partial charge on any atom is -0.467 e. The van der Waals surface area contributed by atoms with Crippen molar-refractivity contribution in [1.82, 2.24) is 5.32 Å². The summed E-state index contributed by atoms with van der Waals surface area (Å²) in [5.41, 5.74) is 1.23. The van der Waals surface area contributed by atoms with Crippen LogP contribution in [0.1, 0.15) is 18.2 Å². The Morgan fingerprint density at radius 3 is 2.74 bits per heavy atom. The molecule has 0 spiro atoms. The molecule has 0 radical (unpaired) electrons. The lowest BCUT2D eigenvalue weighted by Crippen LogP contribution is -2.30. The molecule has 19 heavy (non-hydrogen) atoms. The lowest BCUT2D eigenvalue weighted by atomic mass is 10.2. The van der Waals surface area contributed by atoms with E-state index in [1.807, 2.05) is 37.3 Å². The number of thioether (sulfide) groups is 1. The highest BCUT2D eigenvalue weighted by Gasteiger charge is 2.13. The summed E-state index contributed by atoms with van der Waals surface area (Å²) in [6.45, 7) is 2.37. The number of furan rings is 1. The Bertz CT molecular complexity index is 496. The Labute approximate surface area is 117 Å². The van der Waals surface area contributed by atoms with Crippen LogP contribution in [-0.4, -0.2) is 11.2 Å². The van der Waals surface area contributed by atoms with E-state index >= 15 is 0 Å². The van der Waals surface area contributed by atoms with Crippen LogP contribution in [0.3, 0.4) is 0 Å². The van der Waals surface area contributed by atoms with Crippen molar-refractivity contribution in [3.05, 3.63) is 60.1 Å². The molecule has 4 heteroatoms. The molecule has 1 aromatic heterocycles. The molecule has 0 aliphatic rings. The van der Waals surface area contributed by atoms with Crippen molar-refractivity contribution in [3.63, 3.8) is 0 Å². The maximum Gasteiger partial charge on any atom is 0.233 e. The van der Waals surface area contributed by atoms with Gasteiger partial charge in [0.05, 0.1) is 18.1 Å². The quantitative estimate of drug-likeness (QED) is 0.880. The van der Waals surface area contributed by atoms with Gasteiger partial charge in [-0.25, -0.2) is 0 Å². The molecule has 1 aromatic carbocycles. The first-order chi connectivity index (χ1) is 9.25. The number of nitrogens with one attached hydrogen (secondary N) is 1. The number of benzene rings is 1. The standard InChI is InChI=1S/C15H17NO2S/c1-12(19-11-13-6-3-2-4-7-13)15(17)16-10-14-8-5-9-18-14/h2-9,12H,10-11H2,1H3,(H,16,17)/t12-/m1/s1. The van der Waals surface area contributed by atoms with Crippen LogP contribution < -0.4 is 5.32 Å². The first kappa shape index (κ1) is 13.7. The molecule has 2 rings (SSSR count). The van der Waals surface area contributed by atoms with Gasteiger partial charge in [-0.1, -0.05) is 30.3 Å². The zero-order chi connectivity index (χ0) is 13.5. The molecule has 0 aliphatic heterocycles. The SMILES string of the molecule is C[C@@H](SCc1ccccc1)C(=O)NCc1ccco1. The molecule has 1 heterocycles. The van der Waals surface area contributed by atoms with E-state index in [2.05, 4.69) is 17.4 Å². The van der Waals surface area contributed by atoms with Gasteiger partial charge in [-0.15, -0.1) is 11.8 Å². The third kappa shape index (κ3) is 4.48. The Balaban J connectivity index is 1.73. The Hall–Kier alpha value is -1.68. The Morgan fingerprint density at radius 1 is 1.26 bits per heavy atom. The van der Waals surface area contributed by atoms with Gasteiger partial charge >= 0.3 is 0 Å². The zero-order valence-electron chi connectivity index (χ0n) is 10.8. The summed E-state index contributed by atoms with van der Waals surface area (Å²) in [6, 6.07) is 13.8. The van der Waals surface area contributed by atoms with Gasteiger partial charge in [0.15, 0.2) is 0 Å². The van der Waals surface area contributed by atoms with E-state index in [4.69, 9.17) is 4.42 Å². The smallest absolute Gasteiger partial charge is 0.233 e. The first-order valence-corrected chi connectivity index (χ1v) is 7.26. The molecule has 1 atom stereocenters. The van der Waals surface area contributed by atoms with Crippen LogP contribution in [0.15, 0.2) is 53.1 Å². The van der Waals surface area contributed by atoms with Crippen LogP contribution >= 0.6 is 11.8 Å². The van der Waals surface area contributed by atoms with Crippen molar-refractivity contribution < 1.29 is 9.21 Å².